The second-order valence-electron chi connectivity index (χ2n) is 5.88. The van der Waals surface area contributed by atoms with E-state index < -0.39 is 6.09 Å². The van der Waals surface area contributed by atoms with Crippen molar-refractivity contribution in [1.29, 1.82) is 0 Å². The number of hydrogen-bond acceptors (Lipinski definition) is 3. The van der Waals surface area contributed by atoms with E-state index in [9.17, 15) is 4.79 Å². The third kappa shape index (κ3) is 4.32. The van der Waals surface area contributed by atoms with Gasteiger partial charge in [0.05, 0.1) is 0 Å². The van der Waals surface area contributed by atoms with E-state index in [4.69, 9.17) is 4.74 Å². The number of pyridine rings is 1. The molecule has 0 aliphatic carbocycles. The number of ether oxygens (including phenoxy) is 1. The lowest BCUT2D eigenvalue weighted by Gasteiger charge is -2.23. The summed E-state index contributed by atoms with van der Waals surface area (Å²) in [6, 6.07) is 11.6. The van der Waals surface area contributed by atoms with Crippen LogP contribution in [-0.2, 0) is 16.8 Å². The van der Waals surface area contributed by atoms with Gasteiger partial charge >= 0.3 is 6.09 Å². The van der Waals surface area contributed by atoms with Gasteiger partial charge in [-0.1, -0.05) is 39.0 Å². The average Bonchev–Trinajstić information content (AvgIpc) is 2.54. The molecule has 0 aliphatic heterocycles. The maximum absolute atomic E-state index is 11.8. The number of nitrogens with one attached hydrogen (secondary N) is 1. The second-order valence-corrected chi connectivity index (χ2v) is 5.88. The molecule has 2 rings (SSSR count). The third-order valence-electron chi connectivity index (χ3n) is 3.89. The lowest BCUT2D eigenvalue weighted by Crippen LogP contribution is -2.16. The van der Waals surface area contributed by atoms with Gasteiger partial charge in [0.2, 0.25) is 0 Å². The van der Waals surface area contributed by atoms with Crippen molar-refractivity contribution < 1.29 is 9.53 Å². The number of carbonyl (C=O) groups is 1. The predicted molar refractivity (Wildman–Crippen MR) is 87.8 cm³/mol. The first-order valence-electron chi connectivity index (χ1n) is 7.44. The number of rotatable bonds is 5. The molecule has 0 bridgehead atoms. The minimum absolute atomic E-state index is 0.138. The van der Waals surface area contributed by atoms with Crippen LogP contribution in [0.15, 0.2) is 48.8 Å². The average molecular weight is 298 g/mol. The summed E-state index contributed by atoms with van der Waals surface area (Å²) in [5.41, 5.74) is 2.98. The minimum atomic E-state index is -0.466. The van der Waals surface area contributed by atoms with Gasteiger partial charge in [-0.15, -0.1) is 0 Å². The standard InChI is InChI=1S/C18H22N2O2/c1-4-18(2,3)15-7-9-16(10-8-15)20-17(21)22-13-14-6-5-11-19-12-14/h5-12H,4,13H2,1-3H3,(H,20,21). The molecule has 1 heterocycles. The van der Waals surface area contributed by atoms with Gasteiger partial charge < -0.3 is 4.74 Å². The lowest BCUT2D eigenvalue weighted by atomic mass is 9.82. The van der Waals surface area contributed by atoms with Gasteiger partial charge in [0.1, 0.15) is 6.61 Å². The maximum atomic E-state index is 11.8. The van der Waals surface area contributed by atoms with Gasteiger partial charge in [-0.2, -0.15) is 0 Å². The van der Waals surface area contributed by atoms with E-state index in [1.807, 2.05) is 36.4 Å². The Kier molecular flexibility index (Phi) is 5.15. The van der Waals surface area contributed by atoms with E-state index in [2.05, 4.69) is 31.1 Å². The number of aromatic nitrogens is 1. The molecule has 116 valence electrons. The number of anilines is 1. The fraction of sp³-hybridized carbons (Fsp3) is 0.333. The van der Waals surface area contributed by atoms with Crippen molar-refractivity contribution in [2.24, 2.45) is 0 Å². The van der Waals surface area contributed by atoms with Gasteiger partial charge in [-0.3, -0.25) is 10.3 Å². The van der Waals surface area contributed by atoms with Crippen LogP contribution in [0.5, 0.6) is 0 Å². The summed E-state index contributed by atoms with van der Waals surface area (Å²) in [7, 11) is 0. The normalized spacial score (nSPS) is 11.0. The van der Waals surface area contributed by atoms with Gasteiger partial charge in [0.25, 0.3) is 0 Å². The number of hydrogen-bond donors (Lipinski definition) is 1. The van der Waals surface area contributed by atoms with Crippen LogP contribution in [-0.4, -0.2) is 11.1 Å². The lowest BCUT2D eigenvalue weighted by molar-refractivity contribution is 0.155. The van der Waals surface area contributed by atoms with Crippen LogP contribution in [0.2, 0.25) is 0 Å². The molecule has 22 heavy (non-hydrogen) atoms. The molecule has 0 aliphatic rings. The topological polar surface area (TPSA) is 51.2 Å². The first kappa shape index (κ1) is 16.0. The molecule has 1 amide bonds. The Morgan fingerprint density at radius 3 is 2.55 bits per heavy atom. The van der Waals surface area contributed by atoms with Crippen molar-refractivity contribution in [2.75, 3.05) is 5.32 Å². The molecular formula is C18H22N2O2. The molecule has 1 aromatic carbocycles. The largest absolute Gasteiger partial charge is 0.444 e. The molecule has 1 N–H and O–H groups in total. The summed E-state index contributed by atoms with van der Waals surface area (Å²) in [6.07, 6.45) is 3.96. The predicted octanol–water partition coefficient (Wildman–Crippen LogP) is 4.52. The van der Waals surface area contributed by atoms with E-state index in [-0.39, 0.29) is 12.0 Å². The van der Waals surface area contributed by atoms with Gasteiger partial charge in [-0.05, 0) is 35.6 Å². The molecular weight excluding hydrogens is 276 g/mol. The summed E-state index contributed by atoms with van der Waals surface area (Å²) in [5.74, 6) is 0. The monoisotopic (exact) mass is 298 g/mol. The van der Waals surface area contributed by atoms with Crippen LogP contribution in [0.25, 0.3) is 0 Å². The molecule has 0 saturated heterocycles. The van der Waals surface area contributed by atoms with Crippen molar-refractivity contribution >= 4 is 11.8 Å². The molecule has 4 heteroatoms. The highest BCUT2D eigenvalue weighted by molar-refractivity contribution is 5.84. The molecule has 4 nitrogen and oxygen atoms in total. The summed E-state index contributed by atoms with van der Waals surface area (Å²) in [4.78, 5) is 15.7. The zero-order valence-corrected chi connectivity index (χ0v) is 13.3. The van der Waals surface area contributed by atoms with Crippen LogP contribution in [0.3, 0.4) is 0 Å². The van der Waals surface area contributed by atoms with Gasteiger partial charge in [0, 0.05) is 23.6 Å². The minimum Gasteiger partial charge on any atom is -0.444 e. The molecule has 0 spiro atoms. The van der Waals surface area contributed by atoms with Crippen LogP contribution in [0.1, 0.15) is 38.3 Å². The van der Waals surface area contributed by atoms with Gasteiger partial charge in [0.15, 0.2) is 0 Å². The first-order valence-corrected chi connectivity index (χ1v) is 7.44. The van der Waals surface area contributed by atoms with Crippen molar-refractivity contribution in [1.82, 2.24) is 4.98 Å². The highest BCUT2D eigenvalue weighted by Crippen LogP contribution is 2.27. The number of amides is 1. The maximum Gasteiger partial charge on any atom is 0.411 e. The SMILES string of the molecule is CCC(C)(C)c1ccc(NC(=O)OCc2cccnc2)cc1. The first-order chi connectivity index (χ1) is 10.5. The Labute approximate surface area is 131 Å². The smallest absolute Gasteiger partial charge is 0.411 e. The highest BCUT2D eigenvalue weighted by atomic mass is 16.5. The zero-order valence-electron chi connectivity index (χ0n) is 13.3. The number of benzene rings is 1. The fourth-order valence-corrected chi connectivity index (χ4v) is 2.00. The van der Waals surface area contributed by atoms with E-state index in [1.54, 1.807) is 12.4 Å². The third-order valence-corrected chi connectivity index (χ3v) is 3.89. The summed E-state index contributed by atoms with van der Waals surface area (Å²) in [5, 5.41) is 2.73. The van der Waals surface area contributed by atoms with E-state index in [0.717, 1.165) is 17.7 Å². The zero-order chi connectivity index (χ0) is 16.0. The molecule has 0 radical (unpaired) electrons. The van der Waals surface area contributed by atoms with E-state index >= 15 is 0 Å². The van der Waals surface area contributed by atoms with E-state index in [0.29, 0.717) is 0 Å². The van der Waals surface area contributed by atoms with Crippen LogP contribution < -0.4 is 5.32 Å². The van der Waals surface area contributed by atoms with Crippen molar-refractivity contribution in [2.45, 2.75) is 39.2 Å². The highest BCUT2D eigenvalue weighted by Gasteiger charge is 2.17. The fourth-order valence-electron chi connectivity index (χ4n) is 2.00. The van der Waals surface area contributed by atoms with Crippen molar-refractivity contribution in [3.05, 3.63) is 59.9 Å². The Balaban J connectivity index is 1.89. The summed E-state index contributed by atoms with van der Waals surface area (Å²) < 4.78 is 5.16. The number of carbonyl (C=O) groups excluding carboxylic acids is 1. The molecule has 2 aromatic rings. The number of nitrogens with zero attached hydrogens (tertiary/aromatic N) is 1. The molecule has 0 unspecified atom stereocenters. The van der Waals surface area contributed by atoms with Crippen LogP contribution >= 0.6 is 0 Å². The van der Waals surface area contributed by atoms with Crippen molar-refractivity contribution in [3.8, 4) is 0 Å². The summed E-state index contributed by atoms with van der Waals surface area (Å²) in [6.45, 7) is 6.79. The second kappa shape index (κ2) is 7.07. The summed E-state index contributed by atoms with van der Waals surface area (Å²) >= 11 is 0. The Hall–Kier alpha value is -2.36. The molecule has 0 saturated carbocycles. The molecule has 0 atom stereocenters. The van der Waals surface area contributed by atoms with Crippen LogP contribution in [0.4, 0.5) is 10.5 Å². The van der Waals surface area contributed by atoms with Gasteiger partial charge in [-0.25, -0.2) is 4.79 Å². The van der Waals surface area contributed by atoms with Crippen LogP contribution in [0, 0.1) is 0 Å². The Bertz CT molecular complexity index is 607. The van der Waals surface area contributed by atoms with E-state index in [1.165, 1.54) is 5.56 Å². The molecule has 0 fully saturated rings. The molecule has 1 aromatic heterocycles. The van der Waals surface area contributed by atoms with Crippen molar-refractivity contribution in [3.63, 3.8) is 0 Å². The Morgan fingerprint density at radius 2 is 1.95 bits per heavy atom. The quantitative estimate of drug-likeness (QED) is 0.883. The Morgan fingerprint density at radius 1 is 1.23 bits per heavy atom.